The van der Waals surface area contributed by atoms with Gasteiger partial charge < -0.3 is 10.2 Å². The van der Waals surface area contributed by atoms with Crippen LogP contribution in [0.5, 0.6) is 0 Å². The van der Waals surface area contributed by atoms with Crippen LogP contribution in [0, 0.1) is 0 Å². The first-order chi connectivity index (χ1) is 11.7. The van der Waals surface area contributed by atoms with Crippen LogP contribution in [0.25, 0.3) is 0 Å². The van der Waals surface area contributed by atoms with Crippen LogP contribution >= 0.6 is 0 Å². The Hall–Kier alpha value is -2.70. The normalized spacial score (nSPS) is 23.5. The van der Waals surface area contributed by atoms with Gasteiger partial charge in [-0.25, -0.2) is 9.67 Å². The standard InChI is InChI=1S/C17H19N5O2/c23-16-8-14(13-5-1-2-6-15(13)20-16)17(24)21-7-3-4-12(9-21)22-11-18-10-19-22/h1-2,5-6,10-12,14H,3-4,7-9H2,(H,20,23)/t12-,14-/m1/s1. The maximum absolute atomic E-state index is 13.1. The van der Waals surface area contributed by atoms with Gasteiger partial charge in [-0.05, 0) is 24.5 Å². The first kappa shape index (κ1) is 14.9. The van der Waals surface area contributed by atoms with E-state index in [4.69, 9.17) is 0 Å². The number of piperidine rings is 1. The highest BCUT2D eigenvalue weighted by Crippen LogP contribution is 2.34. The number of fused-ring (bicyclic) bond motifs is 1. The number of benzene rings is 1. The number of hydrogen-bond acceptors (Lipinski definition) is 4. The third-order valence-electron chi connectivity index (χ3n) is 4.82. The van der Waals surface area contributed by atoms with E-state index in [1.807, 2.05) is 33.8 Å². The zero-order valence-electron chi connectivity index (χ0n) is 13.3. The molecule has 0 radical (unpaired) electrons. The van der Waals surface area contributed by atoms with Gasteiger partial charge in [0.25, 0.3) is 0 Å². The van der Waals surface area contributed by atoms with E-state index in [1.165, 1.54) is 6.33 Å². The summed E-state index contributed by atoms with van der Waals surface area (Å²) in [6.07, 6.45) is 5.33. The minimum atomic E-state index is -0.399. The van der Waals surface area contributed by atoms with E-state index in [2.05, 4.69) is 15.4 Å². The molecule has 0 unspecified atom stereocenters. The Morgan fingerprint density at radius 2 is 2.17 bits per heavy atom. The summed E-state index contributed by atoms with van der Waals surface area (Å²) in [4.78, 5) is 30.9. The minimum absolute atomic E-state index is 0.0297. The molecule has 0 bridgehead atoms. The smallest absolute Gasteiger partial charge is 0.230 e. The summed E-state index contributed by atoms with van der Waals surface area (Å²) in [6.45, 7) is 1.34. The number of rotatable bonds is 2. The summed E-state index contributed by atoms with van der Waals surface area (Å²) in [7, 11) is 0. The summed E-state index contributed by atoms with van der Waals surface area (Å²) in [5.74, 6) is -0.469. The number of carbonyl (C=O) groups excluding carboxylic acids is 2. The summed E-state index contributed by atoms with van der Waals surface area (Å²) in [6, 6.07) is 7.70. The summed E-state index contributed by atoms with van der Waals surface area (Å²) < 4.78 is 1.82. The average molecular weight is 325 g/mol. The van der Waals surface area contributed by atoms with Crippen molar-refractivity contribution in [3.63, 3.8) is 0 Å². The molecule has 1 aromatic heterocycles. The van der Waals surface area contributed by atoms with Gasteiger partial charge in [0.15, 0.2) is 0 Å². The van der Waals surface area contributed by atoms with Gasteiger partial charge in [0.2, 0.25) is 11.8 Å². The number of anilines is 1. The average Bonchev–Trinajstić information content (AvgIpc) is 3.15. The van der Waals surface area contributed by atoms with Gasteiger partial charge in [-0.2, -0.15) is 5.10 Å². The fraction of sp³-hybridized carbons (Fsp3) is 0.412. The van der Waals surface area contributed by atoms with Crippen LogP contribution in [-0.2, 0) is 9.59 Å². The quantitative estimate of drug-likeness (QED) is 0.909. The number of nitrogens with zero attached hydrogens (tertiary/aromatic N) is 4. The lowest BCUT2D eigenvalue weighted by Gasteiger charge is -2.36. The van der Waals surface area contributed by atoms with Crippen molar-refractivity contribution in [2.75, 3.05) is 18.4 Å². The molecule has 0 aliphatic carbocycles. The Labute approximate surface area is 139 Å². The summed E-state index contributed by atoms with van der Waals surface area (Å²) in [5.41, 5.74) is 1.65. The van der Waals surface area contributed by atoms with Crippen molar-refractivity contribution >= 4 is 17.5 Å². The highest BCUT2D eigenvalue weighted by atomic mass is 16.2. The number of hydrogen-bond donors (Lipinski definition) is 1. The lowest BCUT2D eigenvalue weighted by molar-refractivity contribution is -0.136. The van der Waals surface area contributed by atoms with Crippen LogP contribution in [0.2, 0.25) is 0 Å². The van der Waals surface area contributed by atoms with Crippen molar-refractivity contribution in [3.05, 3.63) is 42.5 Å². The maximum atomic E-state index is 13.1. The second-order valence-electron chi connectivity index (χ2n) is 6.35. The molecule has 124 valence electrons. The number of carbonyl (C=O) groups is 2. The van der Waals surface area contributed by atoms with Crippen LogP contribution < -0.4 is 5.32 Å². The van der Waals surface area contributed by atoms with Crippen LogP contribution in [0.3, 0.4) is 0 Å². The second kappa shape index (κ2) is 6.07. The van der Waals surface area contributed by atoms with Gasteiger partial charge in [0, 0.05) is 25.2 Å². The molecular weight excluding hydrogens is 306 g/mol. The number of aromatic nitrogens is 3. The molecule has 7 heteroatoms. The number of para-hydroxylation sites is 1. The van der Waals surface area contributed by atoms with Gasteiger partial charge >= 0.3 is 0 Å². The highest BCUT2D eigenvalue weighted by molar-refractivity contribution is 6.01. The first-order valence-electron chi connectivity index (χ1n) is 8.24. The SMILES string of the molecule is O=C1C[C@@H](C(=O)N2CCC[C@@H](n3cncn3)C2)c2ccccc2N1. The van der Waals surface area contributed by atoms with Crippen LogP contribution in [0.15, 0.2) is 36.9 Å². The van der Waals surface area contributed by atoms with E-state index >= 15 is 0 Å². The third-order valence-corrected chi connectivity index (χ3v) is 4.82. The molecular formula is C17H19N5O2. The van der Waals surface area contributed by atoms with Gasteiger partial charge in [0.1, 0.15) is 12.7 Å². The van der Waals surface area contributed by atoms with Crippen molar-refractivity contribution in [1.82, 2.24) is 19.7 Å². The minimum Gasteiger partial charge on any atom is -0.340 e. The lowest BCUT2D eigenvalue weighted by Crippen LogP contribution is -2.44. The van der Waals surface area contributed by atoms with Crippen molar-refractivity contribution in [2.24, 2.45) is 0 Å². The van der Waals surface area contributed by atoms with E-state index in [1.54, 1.807) is 6.33 Å². The van der Waals surface area contributed by atoms with Crippen LogP contribution in [0.1, 0.15) is 36.8 Å². The first-order valence-corrected chi connectivity index (χ1v) is 8.24. The third kappa shape index (κ3) is 2.66. The monoisotopic (exact) mass is 325 g/mol. The molecule has 7 nitrogen and oxygen atoms in total. The van der Waals surface area contributed by atoms with Gasteiger partial charge in [0.05, 0.1) is 12.0 Å². The Morgan fingerprint density at radius 1 is 1.29 bits per heavy atom. The molecule has 24 heavy (non-hydrogen) atoms. The van der Waals surface area contributed by atoms with Crippen molar-refractivity contribution in [1.29, 1.82) is 0 Å². The predicted molar refractivity (Wildman–Crippen MR) is 87.3 cm³/mol. The molecule has 2 atom stereocenters. The molecule has 2 amide bonds. The Bertz CT molecular complexity index is 758. The summed E-state index contributed by atoms with van der Waals surface area (Å²) >= 11 is 0. The molecule has 1 aromatic carbocycles. The van der Waals surface area contributed by atoms with Gasteiger partial charge in [-0.1, -0.05) is 18.2 Å². The number of amides is 2. The van der Waals surface area contributed by atoms with E-state index in [0.717, 1.165) is 30.6 Å². The Kier molecular flexibility index (Phi) is 3.76. The molecule has 2 aromatic rings. The van der Waals surface area contributed by atoms with E-state index in [9.17, 15) is 9.59 Å². The lowest BCUT2D eigenvalue weighted by atomic mass is 9.88. The molecule has 1 saturated heterocycles. The Balaban J connectivity index is 1.56. The number of likely N-dealkylation sites (tertiary alicyclic amines) is 1. The summed E-state index contributed by atoms with van der Waals surface area (Å²) in [5, 5.41) is 7.04. The van der Waals surface area contributed by atoms with E-state index in [0.29, 0.717) is 6.54 Å². The molecule has 4 rings (SSSR count). The van der Waals surface area contributed by atoms with Crippen molar-refractivity contribution < 1.29 is 9.59 Å². The van der Waals surface area contributed by atoms with Crippen LogP contribution in [-0.4, -0.2) is 44.6 Å². The zero-order chi connectivity index (χ0) is 16.5. The van der Waals surface area contributed by atoms with Gasteiger partial charge in [-0.15, -0.1) is 0 Å². The second-order valence-corrected chi connectivity index (χ2v) is 6.35. The molecule has 0 spiro atoms. The molecule has 1 N–H and O–H groups in total. The molecule has 2 aliphatic heterocycles. The molecule has 0 saturated carbocycles. The van der Waals surface area contributed by atoms with Crippen LogP contribution in [0.4, 0.5) is 5.69 Å². The molecule has 3 heterocycles. The Morgan fingerprint density at radius 3 is 3.00 bits per heavy atom. The van der Waals surface area contributed by atoms with Gasteiger partial charge in [-0.3, -0.25) is 9.59 Å². The van der Waals surface area contributed by atoms with Crippen molar-refractivity contribution in [2.45, 2.75) is 31.2 Å². The zero-order valence-corrected chi connectivity index (χ0v) is 13.3. The fourth-order valence-corrected chi connectivity index (χ4v) is 3.63. The predicted octanol–water partition coefficient (Wildman–Crippen LogP) is 1.57. The molecule has 1 fully saturated rings. The van der Waals surface area contributed by atoms with Crippen molar-refractivity contribution in [3.8, 4) is 0 Å². The molecule has 2 aliphatic rings. The maximum Gasteiger partial charge on any atom is 0.230 e. The highest BCUT2D eigenvalue weighted by Gasteiger charge is 2.35. The number of nitrogens with one attached hydrogen (secondary N) is 1. The largest absolute Gasteiger partial charge is 0.340 e. The topological polar surface area (TPSA) is 80.1 Å². The fourth-order valence-electron chi connectivity index (χ4n) is 3.63. The van der Waals surface area contributed by atoms with E-state index < -0.39 is 5.92 Å². The van der Waals surface area contributed by atoms with E-state index in [-0.39, 0.29) is 24.3 Å².